The van der Waals surface area contributed by atoms with E-state index in [0.717, 1.165) is 13.2 Å². The summed E-state index contributed by atoms with van der Waals surface area (Å²) in [6.07, 6.45) is 2.65. The normalized spacial score (nSPS) is 15.4. The molecule has 3 nitrogen and oxygen atoms in total. The minimum Gasteiger partial charge on any atom is -0.383 e. The summed E-state index contributed by atoms with van der Waals surface area (Å²) < 4.78 is 5.00. The van der Waals surface area contributed by atoms with Gasteiger partial charge in [-0.2, -0.15) is 0 Å². The highest BCUT2D eigenvalue weighted by Gasteiger charge is 2.11. The maximum Gasteiger partial charge on any atom is 0.0635 e. The summed E-state index contributed by atoms with van der Waals surface area (Å²) in [6, 6.07) is 8.67. The molecular weight excluding hydrogens is 200 g/mol. The minimum atomic E-state index is 0.744. The van der Waals surface area contributed by atoms with E-state index < -0.39 is 0 Å². The van der Waals surface area contributed by atoms with Crippen LogP contribution in [-0.4, -0.2) is 33.4 Å². The average Bonchev–Trinajstić information content (AvgIpc) is 2.84. The van der Waals surface area contributed by atoms with Crippen LogP contribution in [0.5, 0.6) is 0 Å². The maximum atomic E-state index is 5.00. The van der Waals surface area contributed by atoms with E-state index in [0.29, 0.717) is 0 Å². The SMILES string of the molecule is COCCNc1ccc(N2CCCC2)cc1. The number of anilines is 2. The summed E-state index contributed by atoms with van der Waals surface area (Å²) in [5.74, 6) is 0. The van der Waals surface area contributed by atoms with Gasteiger partial charge < -0.3 is 15.0 Å². The van der Waals surface area contributed by atoms with Crippen LogP contribution < -0.4 is 10.2 Å². The number of ether oxygens (including phenoxy) is 1. The summed E-state index contributed by atoms with van der Waals surface area (Å²) in [4.78, 5) is 2.44. The van der Waals surface area contributed by atoms with E-state index in [9.17, 15) is 0 Å². The van der Waals surface area contributed by atoms with Crippen LogP contribution in [0.1, 0.15) is 12.8 Å². The quantitative estimate of drug-likeness (QED) is 0.771. The molecule has 1 saturated heterocycles. The monoisotopic (exact) mass is 220 g/mol. The molecule has 0 unspecified atom stereocenters. The summed E-state index contributed by atoms with van der Waals surface area (Å²) in [5.41, 5.74) is 2.51. The van der Waals surface area contributed by atoms with Crippen LogP contribution in [0.2, 0.25) is 0 Å². The average molecular weight is 220 g/mol. The molecule has 1 N–H and O–H groups in total. The molecule has 1 aromatic carbocycles. The number of rotatable bonds is 5. The van der Waals surface area contributed by atoms with Gasteiger partial charge in [0.15, 0.2) is 0 Å². The third kappa shape index (κ3) is 2.89. The van der Waals surface area contributed by atoms with Crippen molar-refractivity contribution < 1.29 is 4.74 Å². The lowest BCUT2D eigenvalue weighted by Crippen LogP contribution is -2.17. The largest absolute Gasteiger partial charge is 0.383 e. The molecule has 0 radical (unpaired) electrons. The van der Waals surface area contributed by atoms with Crippen LogP contribution in [0, 0.1) is 0 Å². The number of nitrogens with zero attached hydrogens (tertiary/aromatic N) is 1. The third-order valence-corrected chi connectivity index (χ3v) is 2.97. The lowest BCUT2D eigenvalue weighted by atomic mass is 10.2. The molecule has 3 heteroatoms. The Labute approximate surface area is 97.4 Å². The molecular formula is C13H20N2O. The van der Waals surface area contributed by atoms with Gasteiger partial charge in [-0.1, -0.05) is 0 Å². The second kappa shape index (κ2) is 5.75. The van der Waals surface area contributed by atoms with Gasteiger partial charge >= 0.3 is 0 Å². The zero-order chi connectivity index (χ0) is 11.2. The summed E-state index contributed by atoms with van der Waals surface area (Å²) >= 11 is 0. The van der Waals surface area contributed by atoms with Crippen LogP contribution in [0.4, 0.5) is 11.4 Å². The molecule has 1 aromatic rings. The Morgan fingerprint density at radius 2 is 1.88 bits per heavy atom. The van der Waals surface area contributed by atoms with Gasteiger partial charge in [0.25, 0.3) is 0 Å². The van der Waals surface area contributed by atoms with Crippen molar-refractivity contribution in [3.63, 3.8) is 0 Å². The first kappa shape index (κ1) is 11.3. The Kier molecular flexibility index (Phi) is 4.05. The molecule has 0 saturated carbocycles. The van der Waals surface area contributed by atoms with Crippen LogP contribution in [0.3, 0.4) is 0 Å². The van der Waals surface area contributed by atoms with Gasteiger partial charge in [-0.3, -0.25) is 0 Å². The Morgan fingerprint density at radius 1 is 1.19 bits per heavy atom. The number of hydrogen-bond acceptors (Lipinski definition) is 3. The molecule has 0 amide bonds. The van der Waals surface area contributed by atoms with Gasteiger partial charge in [-0.05, 0) is 37.1 Å². The highest BCUT2D eigenvalue weighted by Crippen LogP contribution is 2.21. The lowest BCUT2D eigenvalue weighted by molar-refractivity contribution is 0.211. The van der Waals surface area contributed by atoms with E-state index in [1.807, 2.05) is 0 Å². The van der Waals surface area contributed by atoms with Crippen molar-refractivity contribution in [2.45, 2.75) is 12.8 Å². The smallest absolute Gasteiger partial charge is 0.0635 e. The Balaban J connectivity index is 1.88. The second-order valence-corrected chi connectivity index (χ2v) is 4.16. The summed E-state index contributed by atoms with van der Waals surface area (Å²) in [5, 5.41) is 3.32. The Morgan fingerprint density at radius 3 is 2.50 bits per heavy atom. The third-order valence-electron chi connectivity index (χ3n) is 2.97. The first-order chi connectivity index (χ1) is 7.90. The van der Waals surface area contributed by atoms with Crippen molar-refractivity contribution >= 4 is 11.4 Å². The molecule has 88 valence electrons. The first-order valence-corrected chi connectivity index (χ1v) is 5.98. The van der Waals surface area contributed by atoms with Crippen molar-refractivity contribution in [1.29, 1.82) is 0 Å². The number of nitrogens with one attached hydrogen (secondary N) is 1. The predicted octanol–water partition coefficient (Wildman–Crippen LogP) is 2.35. The van der Waals surface area contributed by atoms with Gasteiger partial charge in [0.2, 0.25) is 0 Å². The van der Waals surface area contributed by atoms with E-state index >= 15 is 0 Å². The predicted molar refractivity (Wildman–Crippen MR) is 68.3 cm³/mol. The van der Waals surface area contributed by atoms with Crippen molar-refractivity contribution in [2.75, 3.05) is 43.6 Å². The number of benzene rings is 1. The molecule has 0 spiro atoms. The van der Waals surface area contributed by atoms with Gasteiger partial charge in [0.1, 0.15) is 0 Å². The zero-order valence-electron chi connectivity index (χ0n) is 9.91. The number of methoxy groups -OCH3 is 1. The fourth-order valence-corrected chi connectivity index (χ4v) is 2.06. The van der Waals surface area contributed by atoms with Crippen LogP contribution >= 0.6 is 0 Å². The van der Waals surface area contributed by atoms with Crippen LogP contribution in [-0.2, 0) is 4.74 Å². The molecule has 2 rings (SSSR count). The maximum absolute atomic E-state index is 5.00. The molecule has 0 atom stereocenters. The van der Waals surface area contributed by atoms with Crippen molar-refractivity contribution in [3.8, 4) is 0 Å². The van der Waals surface area contributed by atoms with Crippen LogP contribution in [0.25, 0.3) is 0 Å². The zero-order valence-corrected chi connectivity index (χ0v) is 9.91. The lowest BCUT2D eigenvalue weighted by Gasteiger charge is -2.17. The Hall–Kier alpha value is -1.22. The van der Waals surface area contributed by atoms with Gasteiger partial charge in [-0.15, -0.1) is 0 Å². The molecule has 1 aliphatic rings. The molecule has 0 bridgehead atoms. The highest BCUT2D eigenvalue weighted by molar-refractivity contribution is 5.55. The number of hydrogen-bond donors (Lipinski definition) is 1. The first-order valence-electron chi connectivity index (χ1n) is 5.98. The van der Waals surface area contributed by atoms with E-state index in [-0.39, 0.29) is 0 Å². The van der Waals surface area contributed by atoms with E-state index in [4.69, 9.17) is 4.74 Å². The molecule has 1 fully saturated rings. The summed E-state index contributed by atoms with van der Waals surface area (Å²) in [6.45, 7) is 4.01. The van der Waals surface area contributed by atoms with Crippen LogP contribution in [0.15, 0.2) is 24.3 Å². The fourth-order valence-electron chi connectivity index (χ4n) is 2.06. The molecule has 1 aliphatic heterocycles. The molecule has 16 heavy (non-hydrogen) atoms. The second-order valence-electron chi connectivity index (χ2n) is 4.16. The van der Waals surface area contributed by atoms with E-state index in [1.165, 1.54) is 37.3 Å². The van der Waals surface area contributed by atoms with E-state index in [2.05, 4.69) is 34.5 Å². The fraction of sp³-hybridized carbons (Fsp3) is 0.538. The van der Waals surface area contributed by atoms with Crippen molar-refractivity contribution in [1.82, 2.24) is 0 Å². The van der Waals surface area contributed by atoms with Gasteiger partial charge in [0.05, 0.1) is 6.61 Å². The van der Waals surface area contributed by atoms with Gasteiger partial charge in [-0.25, -0.2) is 0 Å². The molecule has 0 aliphatic carbocycles. The van der Waals surface area contributed by atoms with Crippen molar-refractivity contribution in [3.05, 3.63) is 24.3 Å². The molecule has 0 aromatic heterocycles. The topological polar surface area (TPSA) is 24.5 Å². The standard InChI is InChI=1S/C13H20N2O/c1-16-11-8-14-12-4-6-13(7-5-12)15-9-2-3-10-15/h4-7,14H,2-3,8-11H2,1H3. The summed E-state index contributed by atoms with van der Waals surface area (Å²) in [7, 11) is 1.72. The van der Waals surface area contributed by atoms with Gasteiger partial charge in [0, 0.05) is 38.1 Å². The van der Waals surface area contributed by atoms with E-state index in [1.54, 1.807) is 7.11 Å². The minimum absolute atomic E-state index is 0.744. The highest BCUT2D eigenvalue weighted by atomic mass is 16.5. The van der Waals surface area contributed by atoms with Crippen molar-refractivity contribution in [2.24, 2.45) is 0 Å². The Bertz CT molecular complexity index is 304. The molecule has 1 heterocycles.